The number of rotatable bonds is 0. The van der Waals surface area contributed by atoms with Crippen LogP contribution in [0.2, 0.25) is 0 Å². The van der Waals surface area contributed by atoms with E-state index in [1.54, 1.807) is 26.0 Å². The number of amides is 2. The molecule has 1 aliphatic heterocycles. The van der Waals surface area contributed by atoms with Gasteiger partial charge in [0.15, 0.2) is 0 Å². The fraction of sp³-hybridized carbons (Fsp3) is 0.267. The fourth-order valence-corrected chi connectivity index (χ4v) is 2.62. The van der Waals surface area contributed by atoms with Crippen LogP contribution in [0.4, 0.5) is 0 Å². The minimum Gasteiger partial charge on any atom is -0.352 e. The molecule has 0 saturated carbocycles. The summed E-state index contributed by atoms with van der Waals surface area (Å²) >= 11 is 0. The van der Waals surface area contributed by atoms with E-state index in [-0.39, 0.29) is 23.7 Å². The SMILES string of the molecule is CC1=CC=CC=CC=CC=CC(C)CNC(=O)C(C)=CC=CC=CC=CC=CC(C)CNC1=O. The average molecular weight is 459 g/mol. The van der Waals surface area contributed by atoms with Gasteiger partial charge in [0.25, 0.3) is 0 Å². The molecule has 2 atom stereocenters. The highest BCUT2D eigenvalue weighted by atomic mass is 16.2. The summed E-state index contributed by atoms with van der Waals surface area (Å²) in [5.74, 6) is 0.316. The van der Waals surface area contributed by atoms with Gasteiger partial charge in [-0.3, -0.25) is 9.59 Å². The zero-order chi connectivity index (χ0) is 25.0. The van der Waals surface area contributed by atoms with Crippen molar-refractivity contribution < 1.29 is 9.59 Å². The molecule has 1 heterocycles. The van der Waals surface area contributed by atoms with Gasteiger partial charge in [0, 0.05) is 24.2 Å². The molecule has 1 aliphatic rings. The van der Waals surface area contributed by atoms with Gasteiger partial charge in [-0.05, 0) is 25.7 Å². The number of allylic oxidation sites excluding steroid dienone is 16. The van der Waals surface area contributed by atoms with Crippen LogP contribution in [0.25, 0.3) is 0 Å². The first-order chi connectivity index (χ1) is 16.4. The molecule has 0 saturated heterocycles. The van der Waals surface area contributed by atoms with Gasteiger partial charge >= 0.3 is 0 Å². The number of hydrogen-bond acceptors (Lipinski definition) is 2. The van der Waals surface area contributed by atoms with Gasteiger partial charge in [0.05, 0.1) is 0 Å². The van der Waals surface area contributed by atoms with Crippen LogP contribution < -0.4 is 10.6 Å². The molecule has 34 heavy (non-hydrogen) atoms. The lowest BCUT2D eigenvalue weighted by molar-refractivity contribution is -0.118. The molecule has 2 amide bonds. The second kappa shape index (κ2) is 17.8. The smallest absolute Gasteiger partial charge is 0.246 e. The largest absolute Gasteiger partial charge is 0.352 e. The maximum atomic E-state index is 12.2. The van der Waals surface area contributed by atoms with E-state index in [2.05, 4.69) is 24.5 Å². The van der Waals surface area contributed by atoms with E-state index in [9.17, 15) is 9.59 Å². The van der Waals surface area contributed by atoms with Crippen molar-refractivity contribution in [3.63, 3.8) is 0 Å². The predicted octanol–water partition coefficient (Wildman–Crippen LogP) is 5.85. The first-order valence-electron chi connectivity index (χ1n) is 11.7. The van der Waals surface area contributed by atoms with Gasteiger partial charge in [-0.25, -0.2) is 0 Å². The summed E-state index contributed by atoms with van der Waals surface area (Å²) in [5.41, 5.74) is 1.33. The van der Waals surface area contributed by atoms with Crippen LogP contribution in [-0.4, -0.2) is 24.9 Å². The van der Waals surface area contributed by atoms with Gasteiger partial charge in [0.1, 0.15) is 0 Å². The van der Waals surface area contributed by atoms with Crippen molar-refractivity contribution in [1.29, 1.82) is 0 Å². The summed E-state index contributed by atoms with van der Waals surface area (Å²) < 4.78 is 0. The Kier molecular flexibility index (Phi) is 14.9. The molecule has 0 aromatic carbocycles. The highest BCUT2D eigenvalue weighted by Crippen LogP contribution is 2.00. The Balaban J connectivity index is 2.85. The van der Waals surface area contributed by atoms with Crippen molar-refractivity contribution in [2.24, 2.45) is 11.8 Å². The second-order valence-electron chi connectivity index (χ2n) is 8.15. The van der Waals surface area contributed by atoms with E-state index in [0.29, 0.717) is 24.2 Å². The lowest BCUT2D eigenvalue weighted by Gasteiger charge is -2.08. The van der Waals surface area contributed by atoms with Crippen molar-refractivity contribution in [3.8, 4) is 0 Å². The van der Waals surface area contributed by atoms with Crippen molar-refractivity contribution in [3.05, 3.63) is 121 Å². The van der Waals surface area contributed by atoms with E-state index in [1.807, 2.05) is 97.2 Å². The molecule has 2 unspecified atom stereocenters. The zero-order valence-electron chi connectivity index (χ0n) is 20.8. The summed E-state index contributed by atoms with van der Waals surface area (Å²) in [4.78, 5) is 24.4. The maximum absolute atomic E-state index is 12.2. The number of hydrogen-bond donors (Lipinski definition) is 2. The molecule has 0 spiro atoms. The van der Waals surface area contributed by atoms with E-state index in [0.717, 1.165) is 0 Å². The summed E-state index contributed by atoms with van der Waals surface area (Å²) in [5, 5.41) is 5.91. The van der Waals surface area contributed by atoms with Crippen molar-refractivity contribution in [1.82, 2.24) is 10.6 Å². The quantitative estimate of drug-likeness (QED) is 0.479. The number of carbonyl (C=O) groups is 2. The monoisotopic (exact) mass is 458 g/mol. The van der Waals surface area contributed by atoms with E-state index in [1.165, 1.54) is 0 Å². The van der Waals surface area contributed by atoms with E-state index in [4.69, 9.17) is 0 Å². The Morgan fingerprint density at radius 2 is 0.824 bits per heavy atom. The van der Waals surface area contributed by atoms with E-state index >= 15 is 0 Å². The maximum Gasteiger partial charge on any atom is 0.246 e. The van der Waals surface area contributed by atoms with Crippen LogP contribution in [-0.2, 0) is 9.59 Å². The van der Waals surface area contributed by atoms with Crippen LogP contribution in [0.15, 0.2) is 121 Å². The third kappa shape index (κ3) is 14.4. The molecule has 2 N–H and O–H groups in total. The molecular weight excluding hydrogens is 420 g/mol. The fourth-order valence-electron chi connectivity index (χ4n) is 2.62. The molecule has 4 heteroatoms. The molecule has 0 bridgehead atoms. The lowest BCUT2D eigenvalue weighted by atomic mass is 10.1. The standard InChI is InChI=1S/C30H38N2O2/c1-25-19-15-11-7-5-9-13-18-22-28(4)30(34)32-24-26(2)20-16-12-8-6-10-14-17-21-27(3)29(33)31-23-25/h5-22,25-26H,23-24H2,1-4H3,(H,31,33)(H,32,34). The lowest BCUT2D eigenvalue weighted by Crippen LogP contribution is -2.28. The molecule has 180 valence electrons. The molecule has 0 aromatic heterocycles. The Bertz CT molecular complexity index is 872. The van der Waals surface area contributed by atoms with Crippen molar-refractivity contribution in [2.75, 3.05) is 13.1 Å². The molecule has 0 aromatic rings. The Morgan fingerprint density at radius 3 is 1.18 bits per heavy atom. The number of carbonyl (C=O) groups excluding carboxylic acids is 2. The van der Waals surface area contributed by atoms with Gasteiger partial charge in [-0.1, -0.05) is 123 Å². The highest BCUT2D eigenvalue weighted by Gasteiger charge is 2.05. The molecule has 0 aliphatic carbocycles. The minimum absolute atomic E-state index is 0.0630. The highest BCUT2D eigenvalue weighted by molar-refractivity contribution is 5.93. The minimum atomic E-state index is -0.0630. The van der Waals surface area contributed by atoms with Crippen LogP contribution >= 0.6 is 0 Å². The molecular formula is C30H38N2O2. The topological polar surface area (TPSA) is 58.2 Å². The third-order valence-corrected chi connectivity index (χ3v) is 4.79. The summed E-state index contributed by atoms with van der Waals surface area (Å²) in [7, 11) is 0. The van der Waals surface area contributed by atoms with Gasteiger partial charge in [0.2, 0.25) is 11.8 Å². The molecule has 0 fully saturated rings. The summed E-state index contributed by atoms with van der Waals surface area (Å²) in [6.07, 6.45) is 34.5. The molecule has 4 nitrogen and oxygen atoms in total. The first-order valence-corrected chi connectivity index (χ1v) is 11.7. The molecule has 1 rings (SSSR count). The first kappa shape index (κ1) is 28.4. The van der Waals surface area contributed by atoms with Crippen LogP contribution in [0.3, 0.4) is 0 Å². The Labute approximate surface area is 205 Å². The van der Waals surface area contributed by atoms with Crippen LogP contribution in [0.1, 0.15) is 27.7 Å². The Hall–Kier alpha value is -3.66. The van der Waals surface area contributed by atoms with Gasteiger partial charge in [-0.15, -0.1) is 0 Å². The van der Waals surface area contributed by atoms with Crippen molar-refractivity contribution in [2.45, 2.75) is 27.7 Å². The normalized spacial score (nSPS) is 21.9. The Morgan fingerprint density at radius 1 is 0.529 bits per heavy atom. The summed E-state index contributed by atoms with van der Waals surface area (Å²) in [6.45, 7) is 8.87. The third-order valence-electron chi connectivity index (χ3n) is 4.79. The van der Waals surface area contributed by atoms with Gasteiger partial charge in [-0.2, -0.15) is 0 Å². The van der Waals surface area contributed by atoms with E-state index < -0.39 is 0 Å². The molecule has 0 radical (unpaired) electrons. The summed E-state index contributed by atoms with van der Waals surface area (Å²) in [6, 6.07) is 0. The zero-order valence-corrected chi connectivity index (χ0v) is 20.8. The predicted molar refractivity (Wildman–Crippen MR) is 145 cm³/mol. The van der Waals surface area contributed by atoms with Crippen LogP contribution in [0.5, 0.6) is 0 Å². The number of nitrogens with one attached hydrogen (secondary N) is 2. The van der Waals surface area contributed by atoms with Gasteiger partial charge < -0.3 is 10.6 Å². The average Bonchev–Trinajstić information content (AvgIpc) is 2.82. The van der Waals surface area contributed by atoms with Crippen molar-refractivity contribution >= 4 is 11.8 Å². The van der Waals surface area contributed by atoms with Crippen LogP contribution in [0, 0.1) is 11.8 Å². The second-order valence-corrected chi connectivity index (χ2v) is 8.15.